The summed E-state index contributed by atoms with van der Waals surface area (Å²) in [7, 11) is 1.43. The number of amides is 1. The van der Waals surface area contributed by atoms with Gasteiger partial charge in [0.05, 0.1) is 31.4 Å². The van der Waals surface area contributed by atoms with Crippen molar-refractivity contribution < 1.29 is 37.0 Å². The van der Waals surface area contributed by atoms with Crippen LogP contribution in [0.4, 0.5) is 24.7 Å². The summed E-state index contributed by atoms with van der Waals surface area (Å²) in [5.41, 5.74) is 12.3. The number of nitrogens with zero attached hydrogens (tertiary/aromatic N) is 5. The Balaban J connectivity index is 1.24. The van der Waals surface area contributed by atoms with Crippen LogP contribution in [-0.2, 0) is 20.9 Å². The lowest BCUT2D eigenvalue weighted by atomic mass is 10.1. The Morgan fingerprint density at radius 2 is 1.79 bits per heavy atom. The fourth-order valence-electron chi connectivity index (χ4n) is 5.16. The molecule has 0 radical (unpaired) electrons. The van der Waals surface area contributed by atoms with Gasteiger partial charge in [-0.15, -0.1) is 0 Å². The van der Waals surface area contributed by atoms with E-state index in [1.54, 1.807) is 30.3 Å². The van der Waals surface area contributed by atoms with Crippen LogP contribution in [0.2, 0.25) is 0 Å². The lowest BCUT2D eigenvalue weighted by Gasteiger charge is -2.17. The molecule has 2 atom stereocenters. The highest BCUT2D eigenvalue weighted by atomic mass is 19.1. The summed E-state index contributed by atoms with van der Waals surface area (Å²) in [6.07, 6.45) is 4.57. The molecular weight excluding hydrogens is 683 g/mol. The molecule has 6 N–H and O–H groups in total. The molecule has 3 aromatic heterocycles. The van der Waals surface area contributed by atoms with Gasteiger partial charge < -0.3 is 36.3 Å². The number of methoxy groups -OCH3 is 1. The number of unbranched alkanes of at least 4 members (excludes halogenated alkanes) is 1. The molecule has 3 heterocycles. The van der Waals surface area contributed by atoms with Gasteiger partial charge in [-0.2, -0.15) is 9.49 Å². The van der Waals surface area contributed by atoms with E-state index in [-0.39, 0.29) is 48.5 Å². The molecule has 0 saturated heterocycles. The maximum absolute atomic E-state index is 15.3. The van der Waals surface area contributed by atoms with Crippen LogP contribution in [0.3, 0.4) is 0 Å². The Bertz CT molecular complexity index is 2010. The van der Waals surface area contributed by atoms with Crippen LogP contribution in [0.1, 0.15) is 31.7 Å². The Morgan fingerprint density at radius 3 is 2.52 bits per heavy atom. The van der Waals surface area contributed by atoms with E-state index in [9.17, 15) is 14.0 Å². The van der Waals surface area contributed by atoms with Crippen molar-refractivity contribution in [2.45, 2.75) is 44.8 Å². The number of aromatic nitrogens is 5. The summed E-state index contributed by atoms with van der Waals surface area (Å²) in [5.74, 6) is -3.09. The number of ether oxygens (including phenoxy) is 3. The molecule has 0 saturated carbocycles. The van der Waals surface area contributed by atoms with E-state index in [0.29, 0.717) is 41.7 Å². The van der Waals surface area contributed by atoms with Gasteiger partial charge in [0, 0.05) is 41.0 Å². The SMILES string of the molecule is COc1cnc(-c2nn(Cc3c(F)cc(OCCOC(=O)[C@H](C)NC(=O)[C@@H](N)CCCCN)cc3F)c3ccccc23)nc1Nc1ccnc(F)c1. The Morgan fingerprint density at radius 1 is 1.02 bits per heavy atom. The van der Waals surface area contributed by atoms with Crippen molar-refractivity contribution in [3.05, 3.63) is 84.1 Å². The number of nitrogens with two attached hydrogens (primary N) is 2. The molecule has 14 nitrogen and oxygen atoms in total. The van der Waals surface area contributed by atoms with E-state index >= 15 is 8.78 Å². The molecule has 0 fully saturated rings. The van der Waals surface area contributed by atoms with E-state index in [1.807, 2.05) is 0 Å². The molecule has 274 valence electrons. The molecule has 2 aromatic carbocycles. The molecule has 0 bridgehead atoms. The molecule has 17 heteroatoms. The van der Waals surface area contributed by atoms with Gasteiger partial charge in [-0.3, -0.25) is 9.48 Å². The number of halogens is 3. The largest absolute Gasteiger partial charge is 0.491 e. The van der Waals surface area contributed by atoms with E-state index < -0.39 is 41.5 Å². The fourth-order valence-corrected chi connectivity index (χ4v) is 5.16. The molecule has 0 aliphatic carbocycles. The second-order valence-electron chi connectivity index (χ2n) is 11.6. The van der Waals surface area contributed by atoms with E-state index in [0.717, 1.165) is 18.6 Å². The maximum Gasteiger partial charge on any atom is 0.328 e. The van der Waals surface area contributed by atoms with Crippen molar-refractivity contribution in [1.29, 1.82) is 0 Å². The van der Waals surface area contributed by atoms with E-state index in [2.05, 4.69) is 30.7 Å². The van der Waals surface area contributed by atoms with Gasteiger partial charge in [0.1, 0.15) is 42.3 Å². The van der Waals surface area contributed by atoms with Crippen molar-refractivity contribution in [2.24, 2.45) is 11.5 Å². The number of rotatable bonds is 17. The third-order valence-corrected chi connectivity index (χ3v) is 7.87. The van der Waals surface area contributed by atoms with Crippen molar-refractivity contribution in [1.82, 2.24) is 30.0 Å². The number of hydrogen-bond acceptors (Lipinski definition) is 12. The zero-order valence-corrected chi connectivity index (χ0v) is 28.4. The third-order valence-electron chi connectivity index (χ3n) is 7.87. The van der Waals surface area contributed by atoms with Gasteiger partial charge in [-0.25, -0.2) is 28.5 Å². The first-order valence-corrected chi connectivity index (χ1v) is 16.4. The highest BCUT2D eigenvalue weighted by Crippen LogP contribution is 2.32. The number of pyridine rings is 1. The van der Waals surface area contributed by atoms with Gasteiger partial charge in [0.2, 0.25) is 11.9 Å². The topological polar surface area (TPSA) is 194 Å². The standard InChI is InChI=1S/C35H38F3N9O5/c1-20(43-34(48)27(40)8-5-6-11-39)35(49)52-14-13-51-22-16-25(36)24(26(37)17-22)19-47-28-9-4-3-7-23(28)31(46-47)33-42-18-29(50-2)32(45-33)44-21-10-12-41-30(38)15-21/h3-4,7,9-10,12,15-18,20,27H,5-6,8,11,13-14,19,39-40H2,1-2H3,(H,43,48)(H,41,42,44,45)/t20-,27-/m0/s1. The second kappa shape index (κ2) is 17.4. The van der Waals surface area contributed by atoms with Crippen molar-refractivity contribution in [3.63, 3.8) is 0 Å². The molecule has 0 spiro atoms. The minimum atomic E-state index is -0.964. The number of anilines is 2. The number of benzene rings is 2. The summed E-state index contributed by atoms with van der Waals surface area (Å²) < 4.78 is 61.8. The van der Waals surface area contributed by atoms with Gasteiger partial charge in [-0.05, 0) is 38.4 Å². The molecule has 52 heavy (non-hydrogen) atoms. The number of fused-ring (bicyclic) bond motifs is 1. The van der Waals surface area contributed by atoms with Gasteiger partial charge in [0.25, 0.3) is 0 Å². The predicted octanol–water partition coefficient (Wildman–Crippen LogP) is 3.99. The van der Waals surface area contributed by atoms with E-state index in [1.165, 1.54) is 37.2 Å². The Kier molecular flexibility index (Phi) is 12.5. The molecular formula is C35H38F3N9O5. The van der Waals surface area contributed by atoms with Crippen molar-refractivity contribution in [2.75, 3.05) is 32.2 Å². The molecule has 5 rings (SSSR count). The number of carbonyl (C=O) groups excluding carboxylic acids is 2. The fraction of sp³-hybridized carbons (Fsp3) is 0.314. The van der Waals surface area contributed by atoms with Gasteiger partial charge >= 0.3 is 5.97 Å². The number of esters is 1. The van der Waals surface area contributed by atoms with Crippen LogP contribution in [0.5, 0.6) is 11.5 Å². The number of carbonyl (C=O) groups is 2. The van der Waals surface area contributed by atoms with Crippen LogP contribution in [0.15, 0.2) is 60.9 Å². The molecule has 0 aliphatic rings. The maximum atomic E-state index is 15.3. The number of para-hydroxylation sites is 1. The van der Waals surface area contributed by atoms with Crippen LogP contribution in [0, 0.1) is 17.6 Å². The summed E-state index contributed by atoms with van der Waals surface area (Å²) >= 11 is 0. The lowest BCUT2D eigenvalue weighted by Crippen LogP contribution is -2.47. The zero-order valence-electron chi connectivity index (χ0n) is 28.4. The van der Waals surface area contributed by atoms with Gasteiger partial charge in [0.15, 0.2) is 17.4 Å². The smallest absolute Gasteiger partial charge is 0.328 e. The first-order valence-electron chi connectivity index (χ1n) is 16.4. The van der Waals surface area contributed by atoms with Crippen LogP contribution < -0.4 is 31.6 Å². The summed E-state index contributed by atoms with van der Waals surface area (Å²) in [6.45, 7) is 1.22. The van der Waals surface area contributed by atoms with E-state index in [4.69, 9.17) is 25.7 Å². The summed E-state index contributed by atoms with van der Waals surface area (Å²) in [4.78, 5) is 37.0. The Labute approximate surface area is 296 Å². The summed E-state index contributed by atoms with van der Waals surface area (Å²) in [6, 6.07) is 10.1. The van der Waals surface area contributed by atoms with Crippen LogP contribution in [-0.4, -0.2) is 75.6 Å². The zero-order chi connectivity index (χ0) is 37.2. The lowest BCUT2D eigenvalue weighted by molar-refractivity contribution is -0.148. The average molecular weight is 722 g/mol. The molecule has 0 aliphatic heterocycles. The molecule has 5 aromatic rings. The number of hydrogen-bond donors (Lipinski definition) is 4. The molecule has 0 unspecified atom stereocenters. The minimum absolute atomic E-state index is 0.119. The first-order chi connectivity index (χ1) is 25.1. The van der Waals surface area contributed by atoms with Crippen LogP contribution >= 0.6 is 0 Å². The first kappa shape index (κ1) is 37.4. The van der Waals surface area contributed by atoms with Crippen molar-refractivity contribution >= 4 is 34.3 Å². The Hall–Kier alpha value is -5.81. The molecule has 1 amide bonds. The quantitative estimate of drug-likeness (QED) is 0.0614. The highest BCUT2D eigenvalue weighted by Gasteiger charge is 2.22. The third kappa shape index (κ3) is 9.29. The monoisotopic (exact) mass is 721 g/mol. The minimum Gasteiger partial charge on any atom is -0.491 e. The van der Waals surface area contributed by atoms with Crippen LogP contribution in [0.25, 0.3) is 22.4 Å². The van der Waals surface area contributed by atoms with Crippen molar-refractivity contribution in [3.8, 4) is 23.0 Å². The average Bonchev–Trinajstić information content (AvgIpc) is 3.49. The second-order valence-corrected chi connectivity index (χ2v) is 11.6. The van der Waals surface area contributed by atoms with Gasteiger partial charge in [-0.1, -0.05) is 24.6 Å². The summed E-state index contributed by atoms with van der Waals surface area (Å²) in [5, 5.41) is 10.7. The normalized spacial score (nSPS) is 12.3. The number of nitrogens with one attached hydrogen (secondary N) is 2. The predicted molar refractivity (Wildman–Crippen MR) is 185 cm³/mol. The highest BCUT2D eigenvalue weighted by molar-refractivity contribution is 5.92.